The molecular weight excluding hydrogens is 254 g/mol. The van der Waals surface area contributed by atoms with E-state index in [9.17, 15) is 4.79 Å². The molecule has 110 valence electrons. The predicted molar refractivity (Wildman–Crippen MR) is 79.5 cm³/mol. The lowest BCUT2D eigenvalue weighted by molar-refractivity contribution is 0.0368. The molecule has 0 bridgehead atoms. The SMILES string of the molecule is COc1cc(N)ccc1C(=O)NN1C(C)CCCC1C. The molecule has 1 fully saturated rings. The van der Waals surface area contributed by atoms with Gasteiger partial charge in [0.1, 0.15) is 5.75 Å². The Hall–Kier alpha value is -1.75. The summed E-state index contributed by atoms with van der Waals surface area (Å²) >= 11 is 0. The maximum atomic E-state index is 12.4. The van der Waals surface area contributed by atoms with Crippen molar-refractivity contribution in [1.82, 2.24) is 10.4 Å². The highest BCUT2D eigenvalue weighted by atomic mass is 16.5. The molecule has 1 aliphatic rings. The van der Waals surface area contributed by atoms with E-state index >= 15 is 0 Å². The molecule has 1 aromatic rings. The van der Waals surface area contributed by atoms with Crippen LogP contribution in [0.25, 0.3) is 0 Å². The van der Waals surface area contributed by atoms with Gasteiger partial charge in [-0.2, -0.15) is 0 Å². The van der Waals surface area contributed by atoms with Gasteiger partial charge in [-0.1, -0.05) is 6.42 Å². The molecule has 1 amide bonds. The average Bonchev–Trinajstić information content (AvgIpc) is 2.42. The Morgan fingerprint density at radius 3 is 2.60 bits per heavy atom. The van der Waals surface area contributed by atoms with Crippen molar-refractivity contribution in [1.29, 1.82) is 0 Å². The number of piperidine rings is 1. The monoisotopic (exact) mass is 277 g/mol. The van der Waals surface area contributed by atoms with Gasteiger partial charge in [-0.25, -0.2) is 5.01 Å². The van der Waals surface area contributed by atoms with Crippen molar-refractivity contribution in [2.45, 2.75) is 45.2 Å². The second kappa shape index (κ2) is 6.13. The van der Waals surface area contributed by atoms with Crippen LogP contribution in [0.5, 0.6) is 5.75 Å². The van der Waals surface area contributed by atoms with Crippen LogP contribution in [0.1, 0.15) is 43.5 Å². The quantitative estimate of drug-likeness (QED) is 0.831. The molecule has 0 spiro atoms. The van der Waals surface area contributed by atoms with Gasteiger partial charge in [0.2, 0.25) is 0 Å². The Balaban J connectivity index is 2.15. The Morgan fingerprint density at radius 2 is 2.00 bits per heavy atom. The first kappa shape index (κ1) is 14.7. The first-order valence-corrected chi connectivity index (χ1v) is 7.05. The normalized spacial score (nSPS) is 23.4. The lowest BCUT2D eigenvalue weighted by atomic mass is 10.00. The number of rotatable bonds is 3. The summed E-state index contributed by atoms with van der Waals surface area (Å²) in [5.74, 6) is 0.349. The summed E-state index contributed by atoms with van der Waals surface area (Å²) in [5.41, 5.74) is 9.80. The molecule has 2 unspecified atom stereocenters. The van der Waals surface area contributed by atoms with E-state index in [1.54, 1.807) is 18.2 Å². The summed E-state index contributed by atoms with van der Waals surface area (Å²) in [7, 11) is 1.54. The Kier molecular flexibility index (Phi) is 4.49. The van der Waals surface area contributed by atoms with Gasteiger partial charge in [-0.15, -0.1) is 0 Å². The van der Waals surface area contributed by atoms with Crippen molar-refractivity contribution >= 4 is 11.6 Å². The number of nitrogens with two attached hydrogens (primary N) is 1. The lowest BCUT2D eigenvalue weighted by Gasteiger charge is -2.38. The zero-order valence-electron chi connectivity index (χ0n) is 12.3. The number of methoxy groups -OCH3 is 1. The topological polar surface area (TPSA) is 67.6 Å². The maximum Gasteiger partial charge on any atom is 0.269 e. The predicted octanol–water partition coefficient (Wildman–Crippen LogP) is 2.19. The molecule has 0 radical (unpaired) electrons. The zero-order valence-corrected chi connectivity index (χ0v) is 12.3. The molecule has 5 heteroatoms. The third kappa shape index (κ3) is 3.04. The third-order valence-corrected chi connectivity index (χ3v) is 3.89. The van der Waals surface area contributed by atoms with E-state index in [1.165, 1.54) is 13.5 Å². The van der Waals surface area contributed by atoms with Gasteiger partial charge in [0.15, 0.2) is 0 Å². The summed E-state index contributed by atoms with van der Waals surface area (Å²) in [6.07, 6.45) is 3.41. The van der Waals surface area contributed by atoms with Crippen LogP contribution in [0.4, 0.5) is 5.69 Å². The number of carbonyl (C=O) groups is 1. The molecule has 5 nitrogen and oxygen atoms in total. The first-order valence-electron chi connectivity index (χ1n) is 7.05. The van der Waals surface area contributed by atoms with Crippen molar-refractivity contribution < 1.29 is 9.53 Å². The Morgan fingerprint density at radius 1 is 1.35 bits per heavy atom. The second-order valence-electron chi connectivity index (χ2n) is 5.44. The van der Waals surface area contributed by atoms with Crippen molar-refractivity contribution in [2.24, 2.45) is 0 Å². The van der Waals surface area contributed by atoms with E-state index < -0.39 is 0 Å². The number of hydrogen-bond acceptors (Lipinski definition) is 4. The van der Waals surface area contributed by atoms with E-state index in [1.807, 2.05) is 5.01 Å². The van der Waals surface area contributed by atoms with Crippen molar-refractivity contribution in [3.63, 3.8) is 0 Å². The largest absolute Gasteiger partial charge is 0.496 e. The van der Waals surface area contributed by atoms with Gasteiger partial charge in [0.25, 0.3) is 5.91 Å². The Labute approximate surface area is 120 Å². The second-order valence-corrected chi connectivity index (χ2v) is 5.44. The van der Waals surface area contributed by atoms with Crippen molar-refractivity contribution in [3.8, 4) is 5.75 Å². The van der Waals surface area contributed by atoms with Crippen molar-refractivity contribution in [3.05, 3.63) is 23.8 Å². The van der Waals surface area contributed by atoms with Gasteiger partial charge in [0, 0.05) is 23.8 Å². The molecule has 2 atom stereocenters. The lowest BCUT2D eigenvalue weighted by Crippen LogP contribution is -2.54. The number of nitrogens with one attached hydrogen (secondary N) is 1. The zero-order chi connectivity index (χ0) is 14.7. The highest BCUT2D eigenvalue weighted by Gasteiger charge is 2.27. The van der Waals surface area contributed by atoms with Crippen molar-refractivity contribution in [2.75, 3.05) is 12.8 Å². The van der Waals surface area contributed by atoms with Crippen LogP contribution < -0.4 is 15.9 Å². The van der Waals surface area contributed by atoms with E-state index in [-0.39, 0.29) is 5.91 Å². The van der Waals surface area contributed by atoms with E-state index in [2.05, 4.69) is 19.3 Å². The number of hydrogen-bond donors (Lipinski definition) is 2. The third-order valence-electron chi connectivity index (χ3n) is 3.89. The number of nitrogen functional groups attached to an aromatic ring is 1. The minimum atomic E-state index is -0.151. The number of hydrazine groups is 1. The number of carbonyl (C=O) groups excluding carboxylic acids is 1. The van der Waals surface area contributed by atoms with E-state index in [0.717, 1.165) is 12.8 Å². The summed E-state index contributed by atoms with van der Waals surface area (Å²) in [6, 6.07) is 5.77. The molecule has 0 aliphatic carbocycles. The van der Waals surface area contributed by atoms with Gasteiger partial charge >= 0.3 is 0 Å². The fourth-order valence-corrected chi connectivity index (χ4v) is 2.71. The number of benzene rings is 1. The number of ether oxygens (including phenoxy) is 1. The number of nitrogens with zero attached hydrogens (tertiary/aromatic N) is 1. The summed E-state index contributed by atoms with van der Waals surface area (Å²) < 4.78 is 5.23. The van der Waals surface area contributed by atoms with Gasteiger partial charge in [-0.05, 0) is 38.8 Å². The first-order chi connectivity index (χ1) is 9.52. The summed E-state index contributed by atoms with van der Waals surface area (Å²) in [4.78, 5) is 12.4. The van der Waals surface area contributed by atoms with Gasteiger partial charge in [0.05, 0.1) is 12.7 Å². The molecule has 1 heterocycles. The fourth-order valence-electron chi connectivity index (χ4n) is 2.71. The highest BCUT2D eigenvalue weighted by Crippen LogP contribution is 2.24. The van der Waals surface area contributed by atoms with Crippen LogP contribution >= 0.6 is 0 Å². The number of amides is 1. The van der Waals surface area contributed by atoms with Crippen LogP contribution in [0.3, 0.4) is 0 Å². The average molecular weight is 277 g/mol. The minimum Gasteiger partial charge on any atom is -0.496 e. The molecule has 3 N–H and O–H groups in total. The molecule has 2 rings (SSSR count). The molecule has 1 saturated heterocycles. The van der Waals surface area contributed by atoms with Crippen LogP contribution in [0, 0.1) is 0 Å². The highest BCUT2D eigenvalue weighted by molar-refractivity contribution is 5.97. The van der Waals surface area contributed by atoms with Crippen LogP contribution in [-0.4, -0.2) is 30.1 Å². The number of anilines is 1. The fraction of sp³-hybridized carbons (Fsp3) is 0.533. The smallest absolute Gasteiger partial charge is 0.269 e. The molecular formula is C15H23N3O2. The van der Waals surface area contributed by atoms with Crippen LogP contribution in [0.2, 0.25) is 0 Å². The molecule has 1 aromatic carbocycles. The molecule has 0 saturated carbocycles. The standard InChI is InChI=1S/C15H23N3O2/c1-10-5-4-6-11(2)18(10)17-15(19)13-8-7-12(16)9-14(13)20-3/h7-11H,4-6,16H2,1-3H3,(H,17,19). The van der Waals surface area contributed by atoms with E-state index in [4.69, 9.17) is 10.5 Å². The molecule has 1 aliphatic heterocycles. The van der Waals surface area contributed by atoms with Gasteiger partial charge < -0.3 is 10.5 Å². The summed E-state index contributed by atoms with van der Waals surface area (Å²) in [6.45, 7) is 4.27. The minimum absolute atomic E-state index is 0.151. The van der Waals surface area contributed by atoms with E-state index in [0.29, 0.717) is 29.1 Å². The molecule has 0 aromatic heterocycles. The van der Waals surface area contributed by atoms with Gasteiger partial charge in [-0.3, -0.25) is 10.2 Å². The van der Waals surface area contributed by atoms with Crippen LogP contribution in [0.15, 0.2) is 18.2 Å². The Bertz CT molecular complexity index is 480. The maximum absolute atomic E-state index is 12.4. The molecule has 20 heavy (non-hydrogen) atoms. The van der Waals surface area contributed by atoms with Crippen LogP contribution in [-0.2, 0) is 0 Å². The summed E-state index contributed by atoms with van der Waals surface area (Å²) in [5, 5.41) is 2.04.